The number of aromatic nitrogens is 2. The fourth-order valence-corrected chi connectivity index (χ4v) is 1.47. The Morgan fingerprint density at radius 2 is 2.28 bits per heavy atom. The van der Waals surface area contributed by atoms with Crippen LogP contribution in [0, 0.1) is 0 Å². The van der Waals surface area contributed by atoms with Gasteiger partial charge >= 0.3 is 5.97 Å². The van der Waals surface area contributed by atoms with Gasteiger partial charge in [-0.15, -0.1) is 0 Å². The van der Waals surface area contributed by atoms with Crippen LogP contribution >= 0.6 is 0 Å². The van der Waals surface area contributed by atoms with Crippen molar-refractivity contribution >= 4 is 22.9 Å². The van der Waals surface area contributed by atoms with E-state index in [4.69, 9.17) is 10.8 Å². The van der Waals surface area contributed by atoms with Crippen molar-refractivity contribution in [1.29, 1.82) is 0 Å². The summed E-state index contributed by atoms with van der Waals surface area (Å²) in [6.45, 7) is -0.118. The standard InChI is InChI=1S/C11H12N4O3/c12-7(11(17)18)4-13-10(16)6-1-2-8-9(3-6)15-5-14-8/h1-3,5,7H,4,12H2,(H,13,16)(H,14,15)(H,17,18)/t7-/m1/s1. The van der Waals surface area contributed by atoms with Gasteiger partial charge < -0.3 is 21.1 Å². The number of aromatic amines is 1. The maximum Gasteiger partial charge on any atom is 0.322 e. The highest BCUT2D eigenvalue weighted by Crippen LogP contribution is 2.11. The van der Waals surface area contributed by atoms with Gasteiger partial charge in [-0.1, -0.05) is 0 Å². The summed E-state index contributed by atoms with van der Waals surface area (Å²) in [5, 5.41) is 11.0. The van der Waals surface area contributed by atoms with E-state index in [1.165, 1.54) is 6.33 Å². The highest BCUT2D eigenvalue weighted by atomic mass is 16.4. The van der Waals surface area contributed by atoms with Crippen molar-refractivity contribution in [1.82, 2.24) is 15.3 Å². The molecule has 2 aromatic rings. The molecular formula is C11H12N4O3. The summed E-state index contributed by atoms with van der Waals surface area (Å²) >= 11 is 0. The molecule has 0 aliphatic rings. The number of benzene rings is 1. The fourth-order valence-electron chi connectivity index (χ4n) is 1.47. The number of amides is 1. The van der Waals surface area contributed by atoms with E-state index < -0.39 is 12.0 Å². The quantitative estimate of drug-likeness (QED) is 0.592. The van der Waals surface area contributed by atoms with Crippen molar-refractivity contribution in [2.75, 3.05) is 6.54 Å². The van der Waals surface area contributed by atoms with Gasteiger partial charge in [-0.05, 0) is 18.2 Å². The van der Waals surface area contributed by atoms with E-state index in [1.54, 1.807) is 18.2 Å². The second kappa shape index (κ2) is 4.84. The molecular weight excluding hydrogens is 236 g/mol. The topological polar surface area (TPSA) is 121 Å². The SMILES string of the molecule is N[C@H](CNC(=O)c1ccc2[nH]cnc2c1)C(=O)O. The van der Waals surface area contributed by atoms with Gasteiger partial charge in [-0.3, -0.25) is 9.59 Å². The van der Waals surface area contributed by atoms with Gasteiger partial charge in [0.05, 0.1) is 17.4 Å². The number of nitrogens with two attached hydrogens (primary N) is 1. The Kier molecular flexibility index (Phi) is 3.24. The van der Waals surface area contributed by atoms with Crippen LogP contribution in [0.15, 0.2) is 24.5 Å². The lowest BCUT2D eigenvalue weighted by Gasteiger charge is -2.08. The first-order valence-electron chi connectivity index (χ1n) is 5.27. The molecule has 2 rings (SSSR count). The van der Waals surface area contributed by atoms with E-state index in [-0.39, 0.29) is 12.5 Å². The molecule has 0 saturated heterocycles. The number of carbonyl (C=O) groups excluding carboxylic acids is 1. The van der Waals surface area contributed by atoms with Gasteiger partial charge in [0.1, 0.15) is 6.04 Å². The minimum absolute atomic E-state index is 0.118. The van der Waals surface area contributed by atoms with Gasteiger partial charge in [0, 0.05) is 12.1 Å². The lowest BCUT2D eigenvalue weighted by molar-refractivity contribution is -0.138. The summed E-state index contributed by atoms with van der Waals surface area (Å²) in [6.07, 6.45) is 1.53. The Hall–Kier alpha value is -2.41. The predicted octanol–water partition coefficient (Wildman–Crippen LogP) is -0.295. The first kappa shape index (κ1) is 12.1. The number of imidazole rings is 1. The van der Waals surface area contributed by atoms with E-state index in [2.05, 4.69) is 15.3 Å². The van der Waals surface area contributed by atoms with Crippen molar-refractivity contribution in [2.24, 2.45) is 5.73 Å². The molecule has 1 atom stereocenters. The van der Waals surface area contributed by atoms with Crippen LogP contribution < -0.4 is 11.1 Å². The highest BCUT2D eigenvalue weighted by Gasteiger charge is 2.13. The molecule has 18 heavy (non-hydrogen) atoms. The fraction of sp³-hybridized carbons (Fsp3) is 0.182. The molecule has 1 heterocycles. The van der Waals surface area contributed by atoms with Gasteiger partial charge in [-0.25, -0.2) is 4.98 Å². The van der Waals surface area contributed by atoms with E-state index >= 15 is 0 Å². The van der Waals surface area contributed by atoms with Crippen LogP contribution in [-0.2, 0) is 4.79 Å². The van der Waals surface area contributed by atoms with Crippen molar-refractivity contribution in [2.45, 2.75) is 6.04 Å². The molecule has 0 bridgehead atoms. The molecule has 7 nitrogen and oxygen atoms in total. The van der Waals surface area contributed by atoms with Crippen LogP contribution in [0.1, 0.15) is 10.4 Å². The molecule has 1 amide bonds. The maximum absolute atomic E-state index is 11.7. The van der Waals surface area contributed by atoms with E-state index in [0.29, 0.717) is 11.1 Å². The number of carboxylic acids is 1. The molecule has 7 heteroatoms. The van der Waals surface area contributed by atoms with E-state index in [9.17, 15) is 9.59 Å². The summed E-state index contributed by atoms with van der Waals surface area (Å²) in [6, 6.07) is 3.87. The largest absolute Gasteiger partial charge is 0.480 e. The molecule has 0 spiro atoms. The van der Waals surface area contributed by atoms with E-state index in [0.717, 1.165) is 5.52 Å². The number of aliphatic carboxylic acids is 1. The third kappa shape index (κ3) is 2.46. The van der Waals surface area contributed by atoms with Crippen LogP contribution in [0.3, 0.4) is 0 Å². The number of carboxylic acid groups (broad SMARTS) is 1. The smallest absolute Gasteiger partial charge is 0.322 e. The second-order valence-electron chi connectivity index (χ2n) is 3.79. The zero-order chi connectivity index (χ0) is 13.1. The molecule has 1 aromatic heterocycles. The Bertz CT molecular complexity index is 593. The molecule has 0 fully saturated rings. The zero-order valence-corrected chi connectivity index (χ0v) is 9.38. The summed E-state index contributed by atoms with van der Waals surface area (Å²) < 4.78 is 0. The van der Waals surface area contributed by atoms with Crippen molar-refractivity contribution < 1.29 is 14.7 Å². The van der Waals surface area contributed by atoms with Gasteiger partial charge in [-0.2, -0.15) is 0 Å². The molecule has 94 valence electrons. The predicted molar refractivity (Wildman–Crippen MR) is 64.0 cm³/mol. The Morgan fingerprint density at radius 3 is 3.00 bits per heavy atom. The summed E-state index contributed by atoms with van der Waals surface area (Å²) in [4.78, 5) is 29.2. The number of H-pyrrole nitrogens is 1. The summed E-state index contributed by atoms with van der Waals surface area (Å²) in [5.41, 5.74) is 7.19. The van der Waals surface area contributed by atoms with Crippen molar-refractivity contribution in [3.05, 3.63) is 30.1 Å². The lowest BCUT2D eigenvalue weighted by atomic mass is 10.2. The van der Waals surface area contributed by atoms with Crippen LogP contribution in [0.2, 0.25) is 0 Å². The Morgan fingerprint density at radius 1 is 1.50 bits per heavy atom. The number of nitrogens with zero attached hydrogens (tertiary/aromatic N) is 1. The van der Waals surface area contributed by atoms with Gasteiger partial charge in [0.15, 0.2) is 0 Å². The minimum Gasteiger partial charge on any atom is -0.480 e. The van der Waals surface area contributed by atoms with E-state index in [1.807, 2.05) is 0 Å². The number of rotatable bonds is 4. The monoisotopic (exact) mass is 248 g/mol. The Labute approximate surface area is 102 Å². The normalized spacial score (nSPS) is 12.3. The van der Waals surface area contributed by atoms with Crippen molar-refractivity contribution in [3.8, 4) is 0 Å². The van der Waals surface area contributed by atoms with Crippen LogP contribution in [0.25, 0.3) is 11.0 Å². The zero-order valence-electron chi connectivity index (χ0n) is 9.38. The second-order valence-corrected chi connectivity index (χ2v) is 3.79. The number of fused-ring (bicyclic) bond motifs is 1. The van der Waals surface area contributed by atoms with Crippen LogP contribution in [-0.4, -0.2) is 39.5 Å². The molecule has 0 radical (unpaired) electrons. The minimum atomic E-state index is -1.15. The first-order valence-corrected chi connectivity index (χ1v) is 5.27. The average Bonchev–Trinajstić information content (AvgIpc) is 2.82. The Balaban J connectivity index is 2.06. The number of hydrogen-bond acceptors (Lipinski definition) is 4. The summed E-state index contributed by atoms with van der Waals surface area (Å²) in [5.74, 6) is -1.53. The maximum atomic E-state index is 11.7. The average molecular weight is 248 g/mol. The highest BCUT2D eigenvalue weighted by molar-refractivity contribution is 5.97. The number of nitrogens with one attached hydrogen (secondary N) is 2. The van der Waals surface area contributed by atoms with Crippen LogP contribution in [0.5, 0.6) is 0 Å². The molecule has 5 N–H and O–H groups in total. The first-order chi connectivity index (χ1) is 8.58. The van der Waals surface area contributed by atoms with Gasteiger partial charge in [0.25, 0.3) is 5.91 Å². The third-order valence-corrected chi connectivity index (χ3v) is 2.48. The molecule has 0 aliphatic carbocycles. The lowest BCUT2D eigenvalue weighted by Crippen LogP contribution is -2.42. The number of hydrogen-bond donors (Lipinski definition) is 4. The van der Waals surface area contributed by atoms with Crippen molar-refractivity contribution in [3.63, 3.8) is 0 Å². The molecule has 0 aliphatic heterocycles. The molecule has 0 unspecified atom stereocenters. The number of carbonyl (C=O) groups is 2. The summed E-state index contributed by atoms with van der Waals surface area (Å²) in [7, 11) is 0. The van der Waals surface area contributed by atoms with Gasteiger partial charge in [0.2, 0.25) is 0 Å². The third-order valence-electron chi connectivity index (χ3n) is 2.48. The molecule has 0 saturated carbocycles. The molecule has 1 aromatic carbocycles. The van der Waals surface area contributed by atoms with Crippen LogP contribution in [0.4, 0.5) is 0 Å².